The Morgan fingerprint density at radius 3 is 2.34 bits per heavy atom. The summed E-state index contributed by atoms with van der Waals surface area (Å²) in [5, 5.41) is 2.09. The standard InChI is InChI=1S/C19H18ClF3N2O3S/c1-12-2-7-15(8-3-12)29(27,28)25(11-18(26)24-13-4-5-13)14-6-9-17(20)16(10-14)19(21,22)23/h2-3,6-10,13H,4-5,11H2,1H3,(H,24,26). The highest BCUT2D eigenvalue weighted by Crippen LogP contribution is 2.38. The summed E-state index contributed by atoms with van der Waals surface area (Å²) in [6, 6.07) is 8.55. The molecule has 1 aliphatic rings. The van der Waals surface area contributed by atoms with Crippen molar-refractivity contribution in [1.82, 2.24) is 5.32 Å². The minimum atomic E-state index is -4.78. The van der Waals surface area contributed by atoms with Gasteiger partial charge in [0.25, 0.3) is 10.0 Å². The van der Waals surface area contributed by atoms with E-state index in [0.29, 0.717) is 10.4 Å². The Labute approximate surface area is 171 Å². The molecule has 29 heavy (non-hydrogen) atoms. The van der Waals surface area contributed by atoms with E-state index in [-0.39, 0.29) is 16.6 Å². The zero-order valence-corrected chi connectivity index (χ0v) is 16.9. The molecule has 3 rings (SSSR count). The Kier molecular flexibility index (Phi) is 5.82. The molecule has 1 N–H and O–H groups in total. The Morgan fingerprint density at radius 2 is 1.79 bits per heavy atom. The van der Waals surface area contributed by atoms with Gasteiger partial charge >= 0.3 is 6.18 Å². The molecule has 0 saturated heterocycles. The van der Waals surface area contributed by atoms with Crippen molar-refractivity contribution < 1.29 is 26.4 Å². The molecule has 0 heterocycles. The number of alkyl halides is 3. The van der Waals surface area contributed by atoms with Crippen LogP contribution in [0.3, 0.4) is 0 Å². The zero-order chi connectivity index (χ0) is 21.4. The number of nitrogens with zero attached hydrogens (tertiary/aromatic N) is 1. The maximum absolute atomic E-state index is 13.3. The highest BCUT2D eigenvalue weighted by Gasteiger charge is 2.36. The molecule has 5 nitrogen and oxygen atoms in total. The van der Waals surface area contributed by atoms with E-state index in [2.05, 4.69) is 5.32 Å². The smallest absolute Gasteiger partial charge is 0.352 e. The van der Waals surface area contributed by atoms with Crippen LogP contribution in [0.25, 0.3) is 0 Å². The third-order valence-corrected chi connectivity index (χ3v) is 6.50. The summed E-state index contributed by atoms with van der Waals surface area (Å²) in [4.78, 5) is 12.2. The first-order chi connectivity index (χ1) is 13.5. The molecule has 0 aliphatic heterocycles. The number of rotatable bonds is 6. The van der Waals surface area contributed by atoms with Crippen molar-refractivity contribution in [3.8, 4) is 0 Å². The predicted molar refractivity (Wildman–Crippen MR) is 103 cm³/mol. The van der Waals surface area contributed by atoms with Gasteiger partial charge in [-0.25, -0.2) is 8.42 Å². The van der Waals surface area contributed by atoms with Gasteiger partial charge in [-0.2, -0.15) is 13.2 Å². The van der Waals surface area contributed by atoms with Gasteiger partial charge in [-0.05, 0) is 50.1 Å². The molecule has 1 aliphatic carbocycles. The van der Waals surface area contributed by atoms with E-state index in [1.165, 1.54) is 12.1 Å². The number of hydrogen-bond acceptors (Lipinski definition) is 3. The van der Waals surface area contributed by atoms with Gasteiger partial charge in [0.2, 0.25) is 5.91 Å². The highest BCUT2D eigenvalue weighted by atomic mass is 35.5. The lowest BCUT2D eigenvalue weighted by molar-refractivity contribution is -0.137. The number of anilines is 1. The van der Waals surface area contributed by atoms with Crippen LogP contribution in [0.15, 0.2) is 47.4 Å². The second-order valence-corrected chi connectivity index (χ2v) is 9.10. The van der Waals surface area contributed by atoms with Gasteiger partial charge in [-0.3, -0.25) is 9.10 Å². The first-order valence-corrected chi connectivity index (χ1v) is 10.6. The minimum absolute atomic E-state index is 0.0256. The first kappa shape index (κ1) is 21.4. The maximum atomic E-state index is 13.3. The molecule has 0 atom stereocenters. The van der Waals surface area contributed by atoms with Crippen molar-refractivity contribution in [2.24, 2.45) is 0 Å². The van der Waals surface area contributed by atoms with E-state index in [1.54, 1.807) is 19.1 Å². The monoisotopic (exact) mass is 446 g/mol. The number of carbonyl (C=O) groups is 1. The van der Waals surface area contributed by atoms with Gasteiger partial charge in [-0.1, -0.05) is 29.3 Å². The van der Waals surface area contributed by atoms with Crippen molar-refractivity contribution in [3.05, 3.63) is 58.6 Å². The maximum Gasteiger partial charge on any atom is 0.417 e. The van der Waals surface area contributed by atoms with E-state index in [0.717, 1.165) is 30.5 Å². The third-order valence-electron chi connectivity index (χ3n) is 4.38. The van der Waals surface area contributed by atoms with Crippen molar-refractivity contribution in [2.75, 3.05) is 10.8 Å². The minimum Gasteiger partial charge on any atom is -0.352 e. The molecule has 0 bridgehead atoms. The number of halogens is 4. The van der Waals surface area contributed by atoms with E-state index in [9.17, 15) is 26.4 Å². The van der Waals surface area contributed by atoms with Crippen LogP contribution in [-0.4, -0.2) is 26.9 Å². The molecule has 156 valence electrons. The molecular formula is C19H18ClF3N2O3S. The van der Waals surface area contributed by atoms with Gasteiger partial charge in [0.15, 0.2) is 0 Å². The van der Waals surface area contributed by atoms with E-state index in [4.69, 9.17) is 11.6 Å². The number of amides is 1. The summed E-state index contributed by atoms with van der Waals surface area (Å²) in [7, 11) is -4.29. The lowest BCUT2D eigenvalue weighted by Gasteiger charge is -2.25. The summed E-state index contributed by atoms with van der Waals surface area (Å²) in [6.07, 6.45) is -3.20. The Balaban J connectivity index is 2.05. The Bertz CT molecular complexity index is 1020. The number of aryl methyl sites for hydroxylation is 1. The van der Waals surface area contributed by atoms with Gasteiger partial charge in [0.05, 0.1) is 21.2 Å². The summed E-state index contributed by atoms with van der Waals surface area (Å²) in [6.45, 7) is 1.12. The molecule has 2 aromatic rings. The number of hydrogen-bond donors (Lipinski definition) is 1. The van der Waals surface area contributed by atoms with Gasteiger partial charge in [-0.15, -0.1) is 0 Å². The average molecular weight is 447 g/mol. The molecule has 0 spiro atoms. The second-order valence-electron chi connectivity index (χ2n) is 6.83. The Morgan fingerprint density at radius 1 is 1.17 bits per heavy atom. The summed E-state index contributed by atoms with van der Waals surface area (Å²) in [5.41, 5.74) is -0.663. The fourth-order valence-electron chi connectivity index (χ4n) is 2.67. The van der Waals surface area contributed by atoms with Crippen LogP contribution in [-0.2, 0) is 21.0 Å². The molecule has 1 fully saturated rings. The quantitative estimate of drug-likeness (QED) is 0.725. The first-order valence-electron chi connectivity index (χ1n) is 8.74. The number of nitrogens with one attached hydrogen (secondary N) is 1. The molecule has 1 saturated carbocycles. The molecule has 0 unspecified atom stereocenters. The lowest BCUT2D eigenvalue weighted by Crippen LogP contribution is -2.41. The summed E-state index contributed by atoms with van der Waals surface area (Å²) >= 11 is 5.65. The van der Waals surface area contributed by atoms with Crippen LogP contribution in [0.5, 0.6) is 0 Å². The third kappa shape index (κ3) is 5.02. The second kappa shape index (κ2) is 7.87. The van der Waals surface area contributed by atoms with Gasteiger partial charge < -0.3 is 5.32 Å². The average Bonchev–Trinajstić information content (AvgIpc) is 3.43. The molecule has 0 aromatic heterocycles. The molecule has 1 amide bonds. The van der Waals surface area contributed by atoms with E-state index in [1.807, 2.05) is 0 Å². The van der Waals surface area contributed by atoms with E-state index >= 15 is 0 Å². The van der Waals surface area contributed by atoms with Crippen molar-refractivity contribution in [2.45, 2.75) is 36.9 Å². The van der Waals surface area contributed by atoms with Crippen LogP contribution >= 0.6 is 11.6 Å². The number of benzene rings is 2. The van der Waals surface area contributed by atoms with Crippen LogP contribution in [0.1, 0.15) is 24.0 Å². The van der Waals surface area contributed by atoms with Gasteiger partial charge in [0, 0.05) is 6.04 Å². The van der Waals surface area contributed by atoms with Crippen molar-refractivity contribution in [1.29, 1.82) is 0 Å². The number of sulfonamides is 1. The molecule has 10 heteroatoms. The SMILES string of the molecule is Cc1ccc(S(=O)(=O)N(CC(=O)NC2CC2)c2ccc(Cl)c(C(F)(F)F)c2)cc1. The van der Waals surface area contributed by atoms with Crippen LogP contribution in [0.4, 0.5) is 18.9 Å². The lowest BCUT2D eigenvalue weighted by atomic mass is 10.2. The van der Waals surface area contributed by atoms with Crippen molar-refractivity contribution >= 4 is 33.2 Å². The predicted octanol–water partition coefficient (Wildman–Crippen LogP) is 4.14. The zero-order valence-electron chi connectivity index (χ0n) is 15.3. The van der Waals surface area contributed by atoms with Crippen LogP contribution in [0, 0.1) is 6.92 Å². The largest absolute Gasteiger partial charge is 0.417 e. The van der Waals surface area contributed by atoms with Crippen LogP contribution in [0.2, 0.25) is 5.02 Å². The fraction of sp³-hybridized carbons (Fsp3) is 0.316. The van der Waals surface area contributed by atoms with Gasteiger partial charge in [0.1, 0.15) is 6.54 Å². The summed E-state index contributed by atoms with van der Waals surface area (Å²) < 4.78 is 66.8. The van der Waals surface area contributed by atoms with Crippen molar-refractivity contribution in [3.63, 3.8) is 0 Å². The van der Waals surface area contributed by atoms with Crippen LogP contribution < -0.4 is 9.62 Å². The summed E-state index contributed by atoms with van der Waals surface area (Å²) in [5.74, 6) is -0.591. The number of carbonyl (C=O) groups excluding carboxylic acids is 1. The normalized spacial score (nSPS) is 14.5. The topological polar surface area (TPSA) is 66.5 Å². The highest BCUT2D eigenvalue weighted by molar-refractivity contribution is 7.92. The fourth-order valence-corrected chi connectivity index (χ4v) is 4.31. The van der Waals surface area contributed by atoms with E-state index < -0.39 is 39.2 Å². The molecule has 0 radical (unpaired) electrons. The Hall–Kier alpha value is -2.26. The molecule has 2 aromatic carbocycles. The molecular weight excluding hydrogens is 429 g/mol.